The van der Waals surface area contributed by atoms with Crippen LogP contribution < -0.4 is 0 Å². The average Bonchev–Trinajstić information content (AvgIpc) is 2.57. The topological polar surface area (TPSA) is 55.8 Å². The highest BCUT2D eigenvalue weighted by molar-refractivity contribution is 5.75. The third-order valence-electron chi connectivity index (χ3n) is 3.88. The Bertz CT molecular complexity index is 500. The maximum Gasteiger partial charge on any atom is 0.410 e. The summed E-state index contributed by atoms with van der Waals surface area (Å²) >= 11 is 0. The van der Waals surface area contributed by atoms with Crippen LogP contribution in [0.25, 0.3) is 0 Å². The zero-order valence-electron chi connectivity index (χ0n) is 14.5. The molecule has 1 aromatic carbocycles. The van der Waals surface area contributed by atoms with Crippen molar-refractivity contribution < 1.29 is 19.1 Å². The van der Waals surface area contributed by atoms with Crippen molar-refractivity contribution in [2.24, 2.45) is 5.41 Å². The molecule has 1 aromatic rings. The number of benzene rings is 1. The van der Waals surface area contributed by atoms with Gasteiger partial charge in [0.05, 0.1) is 12.0 Å². The molecule has 0 aliphatic rings. The van der Waals surface area contributed by atoms with Crippen molar-refractivity contribution >= 4 is 12.1 Å². The first-order valence-corrected chi connectivity index (χ1v) is 8.03. The van der Waals surface area contributed by atoms with Gasteiger partial charge in [0.25, 0.3) is 0 Å². The zero-order chi connectivity index (χ0) is 17.3. The number of ether oxygens (including phenoxy) is 2. The predicted octanol–water partition coefficient (Wildman–Crippen LogP) is 4.90. The van der Waals surface area contributed by atoms with Crippen LogP contribution in [0.1, 0.15) is 54.5 Å². The Kier molecular flexibility index (Phi) is 12.4. The fourth-order valence-corrected chi connectivity index (χ4v) is 1.78. The first-order chi connectivity index (χ1) is 10.9. The quantitative estimate of drug-likeness (QED) is 0.624. The Labute approximate surface area is 153 Å². The molecule has 0 saturated heterocycles. The molecule has 0 spiro atoms. The van der Waals surface area contributed by atoms with Crippen molar-refractivity contribution in [3.63, 3.8) is 0 Å². The SMILES string of the molecule is C.C.CCN(CCOC(=O)C(C)(C)CC)C(=O)OCc1ccccc1. The fraction of sp³-hybridized carbons (Fsp3) is 0.600. The van der Waals surface area contributed by atoms with Crippen LogP contribution in [-0.4, -0.2) is 36.7 Å². The Balaban J connectivity index is 0. The minimum absolute atomic E-state index is 0. The summed E-state index contributed by atoms with van der Waals surface area (Å²) in [6.07, 6.45) is 0.310. The molecule has 0 aliphatic carbocycles. The van der Waals surface area contributed by atoms with E-state index in [1.54, 1.807) is 0 Å². The van der Waals surface area contributed by atoms with Crippen molar-refractivity contribution in [2.45, 2.75) is 55.6 Å². The van der Waals surface area contributed by atoms with Crippen LogP contribution in [0.2, 0.25) is 0 Å². The Morgan fingerprint density at radius 3 is 2.16 bits per heavy atom. The van der Waals surface area contributed by atoms with Crippen LogP contribution in [0.15, 0.2) is 30.3 Å². The van der Waals surface area contributed by atoms with Crippen LogP contribution in [0.4, 0.5) is 4.79 Å². The summed E-state index contributed by atoms with van der Waals surface area (Å²) in [6.45, 7) is 8.75. The van der Waals surface area contributed by atoms with Gasteiger partial charge in [0, 0.05) is 6.54 Å². The average molecular weight is 354 g/mol. The van der Waals surface area contributed by atoms with E-state index in [-0.39, 0.29) is 34.0 Å². The standard InChI is InChI=1S/C18H27NO4.2CH4/c1-5-18(3,4)16(20)22-13-12-19(6-2)17(21)23-14-15-10-8-7-9-11-15;;/h7-11H,5-6,12-14H2,1-4H3;2*1H4. The molecule has 1 amide bonds. The molecule has 5 heteroatoms. The molecule has 0 bridgehead atoms. The van der Waals surface area contributed by atoms with E-state index >= 15 is 0 Å². The molecule has 0 aliphatic heterocycles. The van der Waals surface area contributed by atoms with Gasteiger partial charge in [-0.1, -0.05) is 52.1 Å². The summed E-state index contributed by atoms with van der Waals surface area (Å²) in [5.41, 5.74) is 0.443. The largest absolute Gasteiger partial charge is 0.463 e. The van der Waals surface area contributed by atoms with Gasteiger partial charge in [0.15, 0.2) is 0 Å². The molecule has 0 atom stereocenters. The van der Waals surface area contributed by atoms with Gasteiger partial charge in [-0.2, -0.15) is 0 Å². The lowest BCUT2D eigenvalue weighted by atomic mass is 9.91. The van der Waals surface area contributed by atoms with E-state index in [1.807, 2.05) is 58.0 Å². The first kappa shape index (κ1) is 25.2. The van der Waals surface area contributed by atoms with Gasteiger partial charge in [0.2, 0.25) is 0 Å². The number of nitrogens with zero attached hydrogens (tertiary/aromatic N) is 1. The van der Waals surface area contributed by atoms with E-state index in [9.17, 15) is 9.59 Å². The third kappa shape index (κ3) is 8.57. The lowest BCUT2D eigenvalue weighted by molar-refractivity contribution is -0.154. The van der Waals surface area contributed by atoms with Crippen LogP contribution in [0.5, 0.6) is 0 Å². The van der Waals surface area contributed by atoms with E-state index in [0.29, 0.717) is 19.5 Å². The molecular formula is C20H35NO4. The fourth-order valence-electron chi connectivity index (χ4n) is 1.78. The van der Waals surface area contributed by atoms with Gasteiger partial charge >= 0.3 is 12.1 Å². The molecule has 0 saturated carbocycles. The van der Waals surface area contributed by atoms with Gasteiger partial charge in [-0.05, 0) is 32.8 Å². The smallest absolute Gasteiger partial charge is 0.410 e. The monoisotopic (exact) mass is 353 g/mol. The van der Waals surface area contributed by atoms with Gasteiger partial charge in [-0.15, -0.1) is 0 Å². The highest BCUT2D eigenvalue weighted by Gasteiger charge is 2.27. The second-order valence-electron chi connectivity index (χ2n) is 5.99. The number of carbonyl (C=O) groups excluding carboxylic acids is 2. The summed E-state index contributed by atoms with van der Waals surface area (Å²) < 4.78 is 10.5. The normalized spacial score (nSPS) is 10.1. The van der Waals surface area contributed by atoms with Crippen molar-refractivity contribution in [1.82, 2.24) is 4.90 Å². The molecule has 5 nitrogen and oxygen atoms in total. The van der Waals surface area contributed by atoms with E-state index in [0.717, 1.165) is 5.56 Å². The molecule has 144 valence electrons. The minimum atomic E-state index is -0.495. The van der Waals surface area contributed by atoms with E-state index in [4.69, 9.17) is 9.47 Å². The number of rotatable bonds is 8. The van der Waals surface area contributed by atoms with Crippen molar-refractivity contribution in [3.8, 4) is 0 Å². The summed E-state index contributed by atoms with van der Waals surface area (Å²) in [4.78, 5) is 25.5. The minimum Gasteiger partial charge on any atom is -0.463 e. The zero-order valence-corrected chi connectivity index (χ0v) is 14.5. The van der Waals surface area contributed by atoms with Gasteiger partial charge in [-0.3, -0.25) is 4.79 Å². The van der Waals surface area contributed by atoms with Crippen molar-refractivity contribution in [3.05, 3.63) is 35.9 Å². The van der Waals surface area contributed by atoms with Crippen LogP contribution in [-0.2, 0) is 20.9 Å². The van der Waals surface area contributed by atoms with Gasteiger partial charge < -0.3 is 14.4 Å². The molecule has 0 radical (unpaired) electrons. The molecule has 0 unspecified atom stereocenters. The summed E-state index contributed by atoms with van der Waals surface area (Å²) in [7, 11) is 0. The molecule has 0 fully saturated rings. The Morgan fingerprint density at radius 2 is 1.64 bits per heavy atom. The number of carbonyl (C=O) groups is 2. The molecular weight excluding hydrogens is 318 g/mol. The Morgan fingerprint density at radius 1 is 1.04 bits per heavy atom. The third-order valence-corrected chi connectivity index (χ3v) is 3.88. The van der Waals surface area contributed by atoms with E-state index < -0.39 is 11.5 Å². The maximum atomic E-state index is 12.0. The summed E-state index contributed by atoms with van der Waals surface area (Å²) in [5.74, 6) is -0.242. The molecule has 0 aromatic heterocycles. The summed E-state index contributed by atoms with van der Waals surface area (Å²) in [5, 5.41) is 0. The van der Waals surface area contributed by atoms with Crippen molar-refractivity contribution in [1.29, 1.82) is 0 Å². The van der Waals surface area contributed by atoms with Crippen LogP contribution in [0, 0.1) is 5.41 Å². The molecule has 0 N–H and O–H groups in total. The lowest BCUT2D eigenvalue weighted by Crippen LogP contribution is -2.36. The highest BCUT2D eigenvalue weighted by atomic mass is 16.6. The molecule has 25 heavy (non-hydrogen) atoms. The number of hydrogen-bond donors (Lipinski definition) is 0. The second-order valence-corrected chi connectivity index (χ2v) is 5.99. The predicted molar refractivity (Wildman–Crippen MR) is 102 cm³/mol. The van der Waals surface area contributed by atoms with E-state index in [1.165, 1.54) is 4.90 Å². The number of likely N-dealkylation sites (N-methyl/N-ethyl adjacent to an activating group) is 1. The number of amides is 1. The summed E-state index contributed by atoms with van der Waals surface area (Å²) in [6, 6.07) is 9.51. The van der Waals surface area contributed by atoms with Gasteiger partial charge in [0.1, 0.15) is 13.2 Å². The second kappa shape index (κ2) is 12.3. The molecule has 0 heterocycles. The molecule has 1 rings (SSSR count). The van der Waals surface area contributed by atoms with Crippen LogP contribution >= 0.6 is 0 Å². The maximum absolute atomic E-state index is 12.0. The lowest BCUT2D eigenvalue weighted by Gasteiger charge is -2.23. The van der Waals surface area contributed by atoms with Crippen LogP contribution in [0.3, 0.4) is 0 Å². The van der Waals surface area contributed by atoms with Crippen molar-refractivity contribution in [2.75, 3.05) is 19.7 Å². The first-order valence-electron chi connectivity index (χ1n) is 8.03. The number of esters is 1. The van der Waals surface area contributed by atoms with E-state index in [2.05, 4.69) is 0 Å². The van der Waals surface area contributed by atoms with Gasteiger partial charge in [-0.25, -0.2) is 4.79 Å². The Hall–Kier alpha value is -2.04. The highest BCUT2D eigenvalue weighted by Crippen LogP contribution is 2.21. The number of hydrogen-bond acceptors (Lipinski definition) is 4.